The second-order valence-corrected chi connectivity index (χ2v) is 8.74. The zero-order valence-corrected chi connectivity index (χ0v) is 16.9. The molecule has 0 saturated carbocycles. The van der Waals surface area contributed by atoms with E-state index in [1.54, 1.807) is 31.2 Å². The van der Waals surface area contributed by atoms with Crippen molar-refractivity contribution in [2.45, 2.75) is 11.3 Å². The second kappa shape index (κ2) is 7.73. The lowest BCUT2D eigenvalue weighted by atomic mass is 10.1. The van der Waals surface area contributed by atoms with Gasteiger partial charge in [-0.15, -0.1) is 15.3 Å². The Morgan fingerprint density at radius 2 is 1.86 bits per heavy atom. The Kier molecular flexibility index (Phi) is 5.15. The number of thioether (sulfide) groups is 1. The number of imide groups is 1. The van der Waals surface area contributed by atoms with Crippen molar-refractivity contribution < 1.29 is 14.4 Å². The quantitative estimate of drug-likeness (QED) is 0.358. The molecule has 28 heavy (non-hydrogen) atoms. The van der Waals surface area contributed by atoms with Gasteiger partial charge >= 0.3 is 0 Å². The summed E-state index contributed by atoms with van der Waals surface area (Å²) < 4.78 is 4.36. The van der Waals surface area contributed by atoms with Crippen LogP contribution in [0.2, 0.25) is 0 Å². The predicted octanol–water partition coefficient (Wildman–Crippen LogP) is 2.34. The first kappa shape index (κ1) is 18.7. The van der Waals surface area contributed by atoms with E-state index in [0.29, 0.717) is 36.9 Å². The molecule has 3 heterocycles. The maximum absolute atomic E-state index is 12.3. The molecular weight excluding hydrogens is 420 g/mol. The van der Waals surface area contributed by atoms with Gasteiger partial charge in [-0.3, -0.25) is 24.6 Å². The molecule has 0 aliphatic carbocycles. The molecule has 1 aromatic carbocycles. The lowest BCUT2D eigenvalue weighted by molar-refractivity contribution is 0.0664. The molecule has 0 fully saturated rings. The molecule has 0 saturated heterocycles. The lowest BCUT2D eigenvalue weighted by Gasteiger charge is -2.12. The van der Waals surface area contributed by atoms with Gasteiger partial charge in [0.05, 0.1) is 16.8 Å². The summed E-state index contributed by atoms with van der Waals surface area (Å²) in [6.07, 6.45) is 0. The molecular formula is C16H12N6O3S3. The highest BCUT2D eigenvalue weighted by Crippen LogP contribution is 2.28. The molecule has 9 nitrogen and oxygen atoms in total. The Labute approximate surface area is 171 Å². The Morgan fingerprint density at radius 1 is 1.14 bits per heavy atom. The van der Waals surface area contributed by atoms with Crippen LogP contribution >= 0.6 is 34.6 Å². The molecule has 3 aromatic rings. The number of nitrogens with one attached hydrogen (secondary N) is 1. The molecule has 4 rings (SSSR count). The molecule has 0 radical (unpaired) electrons. The first-order chi connectivity index (χ1) is 13.5. The second-order valence-electron chi connectivity index (χ2n) is 5.67. The first-order valence-corrected chi connectivity index (χ1v) is 10.6. The van der Waals surface area contributed by atoms with E-state index in [-0.39, 0.29) is 24.3 Å². The van der Waals surface area contributed by atoms with E-state index in [0.717, 1.165) is 11.5 Å². The SMILES string of the molecule is Cc1nnsc1C(=O)Nc1nnc(SCCN2C(=O)c3ccccc3C2=O)s1. The van der Waals surface area contributed by atoms with Crippen molar-refractivity contribution in [3.05, 3.63) is 46.0 Å². The van der Waals surface area contributed by atoms with Crippen LogP contribution in [0, 0.1) is 6.92 Å². The van der Waals surface area contributed by atoms with Crippen molar-refractivity contribution in [1.82, 2.24) is 24.7 Å². The number of nitrogens with zero attached hydrogens (tertiary/aromatic N) is 5. The third-order valence-corrected chi connectivity index (χ3v) is 6.68. The summed E-state index contributed by atoms with van der Waals surface area (Å²) in [5.74, 6) is -0.405. The zero-order valence-electron chi connectivity index (χ0n) is 14.4. The van der Waals surface area contributed by atoms with E-state index < -0.39 is 0 Å². The number of benzene rings is 1. The Morgan fingerprint density at radius 3 is 2.50 bits per heavy atom. The van der Waals surface area contributed by atoms with E-state index in [4.69, 9.17) is 0 Å². The van der Waals surface area contributed by atoms with Crippen LogP contribution in [0.1, 0.15) is 36.1 Å². The highest BCUT2D eigenvalue weighted by Gasteiger charge is 2.34. The highest BCUT2D eigenvalue weighted by molar-refractivity contribution is 8.01. The van der Waals surface area contributed by atoms with Crippen molar-refractivity contribution in [3.8, 4) is 0 Å². The van der Waals surface area contributed by atoms with Gasteiger partial charge in [0.2, 0.25) is 5.13 Å². The van der Waals surface area contributed by atoms with Crippen LogP contribution in [0.3, 0.4) is 0 Å². The van der Waals surface area contributed by atoms with Crippen LogP contribution < -0.4 is 5.32 Å². The number of carbonyl (C=O) groups is 3. The van der Waals surface area contributed by atoms with Crippen LogP contribution in [-0.2, 0) is 0 Å². The van der Waals surface area contributed by atoms with Crippen LogP contribution in [0.15, 0.2) is 28.6 Å². The van der Waals surface area contributed by atoms with Gasteiger partial charge in [-0.2, -0.15) is 0 Å². The summed E-state index contributed by atoms with van der Waals surface area (Å²) in [5.41, 5.74) is 1.43. The average Bonchev–Trinajstić information content (AvgIpc) is 3.37. The molecule has 1 aliphatic heterocycles. The largest absolute Gasteiger partial charge is 0.296 e. The number of carbonyl (C=O) groups excluding carboxylic acids is 3. The molecule has 1 N–H and O–H groups in total. The fourth-order valence-electron chi connectivity index (χ4n) is 2.58. The normalized spacial score (nSPS) is 13.1. The number of hydrogen-bond acceptors (Lipinski definition) is 10. The number of aromatic nitrogens is 4. The van der Waals surface area contributed by atoms with E-state index in [9.17, 15) is 14.4 Å². The number of aryl methyl sites for hydroxylation is 1. The topological polar surface area (TPSA) is 118 Å². The van der Waals surface area contributed by atoms with Gasteiger partial charge in [0.15, 0.2) is 4.34 Å². The van der Waals surface area contributed by atoms with Gasteiger partial charge in [0.1, 0.15) is 4.88 Å². The fraction of sp³-hybridized carbons (Fsp3) is 0.188. The maximum Gasteiger partial charge on any atom is 0.271 e. The molecule has 0 atom stereocenters. The third-order valence-electron chi connectivity index (χ3n) is 3.90. The number of fused-ring (bicyclic) bond motifs is 1. The van der Waals surface area contributed by atoms with Crippen LogP contribution in [0.25, 0.3) is 0 Å². The van der Waals surface area contributed by atoms with Gasteiger partial charge < -0.3 is 0 Å². The lowest BCUT2D eigenvalue weighted by Crippen LogP contribution is -2.31. The summed E-state index contributed by atoms with van der Waals surface area (Å²) in [7, 11) is 0. The minimum absolute atomic E-state index is 0.268. The standard InChI is InChI=1S/C16H12N6O3S3/c1-8-11(28-21-18-8)12(23)17-15-19-20-16(27-15)26-7-6-22-13(24)9-4-2-3-5-10(9)14(22)25/h2-5H,6-7H2,1H3,(H,17,19,23). The first-order valence-electron chi connectivity index (χ1n) is 8.06. The molecule has 0 unspecified atom stereocenters. The molecule has 1 aliphatic rings. The minimum atomic E-state index is -0.328. The molecule has 2 aromatic heterocycles. The molecule has 12 heteroatoms. The minimum Gasteiger partial charge on any atom is -0.296 e. The van der Waals surface area contributed by atoms with Gasteiger partial charge in [-0.25, -0.2) is 0 Å². The van der Waals surface area contributed by atoms with E-state index >= 15 is 0 Å². The summed E-state index contributed by atoms with van der Waals surface area (Å²) in [6, 6.07) is 6.79. The van der Waals surface area contributed by atoms with E-state index in [2.05, 4.69) is 25.1 Å². The van der Waals surface area contributed by atoms with Crippen molar-refractivity contribution >= 4 is 57.5 Å². The Bertz CT molecular complexity index is 1040. The van der Waals surface area contributed by atoms with Crippen LogP contribution in [0.5, 0.6) is 0 Å². The van der Waals surface area contributed by atoms with Crippen LogP contribution in [0.4, 0.5) is 5.13 Å². The fourth-order valence-corrected chi connectivity index (χ4v) is 4.87. The summed E-state index contributed by atoms with van der Waals surface area (Å²) >= 11 is 3.60. The van der Waals surface area contributed by atoms with Crippen molar-refractivity contribution in [2.75, 3.05) is 17.6 Å². The van der Waals surface area contributed by atoms with Crippen molar-refractivity contribution in [3.63, 3.8) is 0 Å². The van der Waals surface area contributed by atoms with Gasteiger partial charge in [0, 0.05) is 12.3 Å². The van der Waals surface area contributed by atoms with Gasteiger partial charge in [-0.1, -0.05) is 39.7 Å². The Balaban J connectivity index is 1.32. The number of amides is 3. The smallest absolute Gasteiger partial charge is 0.271 e. The van der Waals surface area contributed by atoms with Crippen molar-refractivity contribution in [1.29, 1.82) is 0 Å². The van der Waals surface area contributed by atoms with Gasteiger partial charge in [0.25, 0.3) is 17.7 Å². The van der Waals surface area contributed by atoms with Gasteiger partial charge in [-0.05, 0) is 30.6 Å². The number of anilines is 1. The van der Waals surface area contributed by atoms with Crippen LogP contribution in [-0.4, -0.2) is 54.7 Å². The monoisotopic (exact) mass is 432 g/mol. The predicted molar refractivity (Wildman–Crippen MR) is 105 cm³/mol. The maximum atomic E-state index is 12.3. The molecule has 0 spiro atoms. The number of hydrogen-bond donors (Lipinski definition) is 1. The summed E-state index contributed by atoms with van der Waals surface area (Å²) in [5, 5.41) is 14.8. The molecule has 142 valence electrons. The number of rotatable bonds is 6. The zero-order chi connectivity index (χ0) is 19.7. The Hall–Kier alpha value is -2.70. The van der Waals surface area contributed by atoms with E-state index in [1.807, 2.05) is 0 Å². The van der Waals surface area contributed by atoms with Crippen molar-refractivity contribution in [2.24, 2.45) is 0 Å². The summed E-state index contributed by atoms with van der Waals surface area (Å²) in [4.78, 5) is 38.5. The molecule has 3 amide bonds. The highest BCUT2D eigenvalue weighted by atomic mass is 32.2. The summed E-state index contributed by atoms with van der Waals surface area (Å²) in [6.45, 7) is 1.98. The van der Waals surface area contributed by atoms with E-state index in [1.165, 1.54) is 28.0 Å². The average molecular weight is 433 g/mol. The third kappa shape index (κ3) is 3.53. The molecule has 0 bridgehead atoms.